The summed E-state index contributed by atoms with van der Waals surface area (Å²) in [6, 6.07) is 0. The molecule has 15 heavy (non-hydrogen) atoms. The molecule has 0 N–H and O–H groups in total. The molecule has 0 amide bonds. The summed E-state index contributed by atoms with van der Waals surface area (Å²) in [6.07, 6.45) is 3.52. The molecule has 0 aliphatic rings. The van der Waals surface area contributed by atoms with Gasteiger partial charge in [-0.2, -0.15) is 0 Å². The molecule has 0 radical (unpaired) electrons. The highest BCUT2D eigenvalue weighted by Gasteiger charge is 2.04. The molecule has 0 saturated carbocycles. The van der Waals surface area contributed by atoms with Gasteiger partial charge in [-0.15, -0.1) is 0 Å². The number of unbranched alkanes of at least 4 members (excludes halogenated alkanes) is 1. The van der Waals surface area contributed by atoms with E-state index in [0.29, 0.717) is 10.1 Å². The quantitative estimate of drug-likeness (QED) is 0.611. The maximum absolute atomic E-state index is 11.7. The van der Waals surface area contributed by atoms with Gasteiger partial charge in [-0.1, -0.05) is 0 Å². The van der Waals surface area contributed by atoms with Gasteiger partial charge in [0.2, 0.25) is 0 Å². The van der Waals surface area contributed by atoms with E-state index in [0.717, 1.165) is 25.1 Å². The van der Waals surface area contributed by atoms with Crippen LogP contribution >= 0.6 is 22.6 Å². The summed E-state index contributed by atoms with van der Waals surface area (Å²) in [6.45, 7) is 3.30. The molecule has 4 nitrogen and oxygen atoms in total. The van der Waals surface area contributed by atoms with E-state index >= 15 is 0 Å². The van der Waals surface area contributed by atoms with Gasteiger partial charge in [0.25, 0.3) is 5.56 Å². The maximum atomic E-state index is 11.7. The Hall–Kier alpha value is -0.430. The first kappa shape index (κ1) is 12.6. The predicted octanol–water partition coefficient (Wildman–Crippen LogP) is 1.58. The smallest absolute Gasteiger partial charge is 0.266 e. The molecule has 0 aromatic carbocycles. The number of rotatable bonds is 5. The van der Waals surface area contributed by atoms with Crippen LogP contribution in [0.25, 0.3) is 0 Å². The largest absolute Gasteiger partial charge is 0.385 e. The zero-order valence-corrected chi connectivity index (χ0v) is 11.2. The zero-order chi connectivity index (χ0) is 11.3. The highest BCUT2D eigenvalue weighted by atomic mass is 127. The van der Waals surface area contributed by atoms with E-state index in [9.17, 15) is 4.79 Å². The Balaban J connectivity index is 2.63. The summed E-state index contributed by atoms with van der Waals surface area (Å²) in [5.41, 5.74) is 0.856. The SMILES string of the molecule is COCCCCn1cnc(C)c(I)c1=O. The van der Waals surface area contributed by atoms with Crippen molar-refractivity contribution >= 4 is 22.6 Å². The van der Waals surface area contributed by atoms with Crippen molar-refractivity contribution in [3.63, 3.8) is 0 Å². The van der Waals surface area contributed by atoms with Gasteiger partial charge >= 0.3 is 0 Å². The summed E-state index contributed by atoms with van der Waals surface area (Å²) in [5, 5.41) is 0. The Bertz CT molecular complexity index is 376. The molecule has 0 unspecified atom stereocenters. The number of ether oxygens (including phenoxy) is 1. The van der Waals surface area contributed by atoms with Crippen LogP contribution in [0.3, 0.4) is 0 Å². The maximum Gasteiger partial charge on any atom is 0.266 e. The summed E-state index contributed by atoms with van der Waals surface area (Å²) in [5.74, 6) is 0. The average molecular weight is 322 g/mol. The van der Waals surface area contributed by atoms with Crippen molar-refractivity contribution in [1.82, 2.24) is 9.55 Å². The van der Waals surface area contributed by atoms with Crippen molar-refractivity contribution < 1.29 is 4.74 Å². The van der Waals surface area contributed by atoms with Gasteiger partial charge in [0.1, 0.15) is 0 Å². The molecule has 5 heteroatoms. The summed E-state index contributed by atoms with van der Waals surface area (Å²) >= 11 is 2.04. The van der Waals surface area contributed by atoms with Crippen molar-refractivity contribution in [2.24, 2.45) is 0 Å². The standard InChI is InChI=1S/C10H15IN2O2/c1-8-9(11)10(14)13(7-12-8)5-3-4-6-15-2/h7H,3-6H2,1-2H3. The fourth-order valence-electron chi connectivity index (χ4n) is 1.23. The lowest BCUT2D eigenvalue weighted by atomic mass is 10.3. The first-order chi connectivity index (χ1) is 7.16. The summed E-state index contributed by atoms with van der Waals surface area (Å²) < 4.78 is 7.32. The molecule has 1 aromatic rings. The van der Waals surface area contributed by atoms with Crippen molar-refractivity contribution in [3.05, 3.63) is 25.9 Å². The van der Waals surface area contributed by atoms with Crippen LogP contribution in [0.1, 0.15) is 18.5 Å². The molecule has 0 spiro atoms. The molecule has 84 valence electrons. The Kier molecular flexibility index (Phi) is 5.24. The van der Waals surface area contributed by atoms with E-state index in [-0.39, 0.29) is 5.56 Å². The Morgan fingerprint density at radius 1 is 1.53 bits per heavy atom. The normalized spacial score (nSPS) is 10.6. The summed E-state index contributed by atoms with van der Waals surface area (Å²) in [7, 11) is 1.68. The third-order valence-corrected chi connectivity index (χ3v) is 3.40. The Morgan fingerprint density at radius 2 is 2.27 bits per heavy atom. The lowest BCUT2D eigenvalue weighted by Gasteiger charge is -2.06. The van der Waals surface area contributed by atoms with Crippen LogP contribution in [0.5, 0.6) is 0 Å². The predicted molar refractivity (Wildman–Crippen MR) is 67.1 cm³/mol. The molecular formula is C10H15IN2O2. The minimum absolute atomic E-state index is 0.0560. The number of hydrogen-bond donors (Lipinski definition) is 0. The Morgan fingerprint density at radius 3 is 2.93 bits per heavy atom. The second-order valence-electron chi connectivity index (χ2n) is 3.34. The molecule has 0 saturated heterocycles. The third kappa shape index (κ3) is 3.57. The number of methoxy groups -OCH3 is 1. The van der Waals surface area contributed by atoms with Crippen LogP contribution in [0.4, 0.5) is 0 Å². The van der Waals surface area contributed by atoms with Crippen LogP contribution < -0.4 is 5.56 Å². The van der Waals surface area contributed by atoms with Crippen molar-refractivity contribution in [3.8, 4) is 0 Å². The van der Waals surface area contributed by atoms with Gasteiger partial charge in [0.05, 0.1) is 15.6 Å². The number of hydrogen-bond acceptors (Lipinski definition) is 3. The minimum Gasteiger partial charge on any atom is -0.385 e. The molecule has 0 aliphatic heterocycles. The molecular weight excluding hydrogens is 307 g/mol. The summed E-state index contributed by atoms with van der Waals surface area (Å²) in [4.78, 5) is 15.9. The molecule has 0 bridgehead atoms. The van der Waals surface area contributed by atoms with E-state index in [1.807, 2.05) is 29.5 Å². The van der Waals surface area contributed by atoms with E-state index in [1.54, 1.807) is 18.0 Å². The van der Waals surface area contributed by atoms with E-state index in [1.165, 1.54) is 0 Å². The van der Waals surface area contributed by atoms with Gasteiger partial charge in [-0.25, -0.2) is 4.98 Å². The second kappa shape index (κ2) is 6.22. The van der Waals surface area contributed by atoms with Crippen LogP contribution in [0.2, 0.25) is 0 Å². The fraction of sp³-hybridized carbons (Fsp3) is 0.600. The molecule has 1 rings (SSSR count). The number of aromatic nitrogens is 2. The molecule has 0 atom stereocenters. The topological polar surface area (TPSA) is 44.1 Å². The van der Waals surface area contributed by atoms with Gasteiger partial charge in [0, 0.05) is 20.3 Å². The fourth-order valence-corrected chi connectivity index (χ4v) is 1.68. The van der Waals surface area contributed by atoms with Crippen molar-refractivity contribution in [1.29, 1.82) is 0 Å². The number of nitrogens with zero attached hydrogens (tertiary/aromatic N) is 2. The van der Waals surface area contributed by atoms with E-state index < -0.39 is 0 Å². The number of aryl methyl sites for hydroxylation is 2. The lowest BCUT2D eigenvalue weighted by Crippen LogP contribution is -2.24. The van der Waals surface area contributed by atoms with Crippen LogP contribution in [-0.4, -0.2) is 23.3 Å². The molecule has 0 aliphatic carbocycles. The lowest BCUT2D eigenvalue weighted by molar-refractivity contribution is 0.191. The van der Waals surface area contributed by atoms with Gasteiger partial charge in [0.15, 0.2) is 0 Å². The molecule has 0 fully saturated rings. The zero-order valence-electron chi connectivity index (χ0n) is 8.99. The second-order valence-corrected chi connectivity index (χ2v) is 4.42. The van der Waals surface area contributed by atoms with Crippen molar-refractivity contribution in [2.75, 3.05) is 13.7 Å². The van der Waals surface area contributed by atoms with Gasteiger partial charge in [-0.05, 0) is 42.4 Å². The van der Waals surface area contributed by atoms with Crippen molar-refractivity contribution in [2.45, 2.75) is 26.3 Å². The number of halogens is 1. The van der Waals surface area contributed by atoms with E-state index in [4.69, 9.17) is 4.74 Å². The molecule has 1 heterocycles. The van der Waals surface area contributed by atoms with Crippen LogP contribution in [-0.2, 0) is 11.3 Å². The molecule has 1 aromatic heterocycles. The highest BCUT2D eigenvalue weighted by Crippen LogP contribution is 2.02. The third-order valence-electron chi connectivity index (χ3n) is 2.15. The van der Waals surface area contributed by atoms with Gasteiger partial charge in [-0.3, -0.25) is 9.36 Å². The first-order valence-corrected chi connectivity index (χ1v) is 5.95. The average Bonchev–Trinajstić information content (AvgIpc) is 2.24. The first-order valence-electron chi connectivity index (χ1n) is 4.87. The minimum atomic E-state index is 0.0560. The van der Waals surface area contributed by atoms with E-state index in [2.05, 4.69) is 4.98 Å². The Labute approximate surface area is 103 Å². The monoisotopic (exact) mass is 322 g/mol. The van der Waals surface area contributed by atoms with Gasteiger partial charge < -0.3 is 4.74 Å². The highest BCUT2D eigenvalue weighted by molar-refractivity contribution is 14.1. The van der Waals surface area contributed by atoms with Crippen LogP contribution in [0.15, 0.2) is 11.1 Å². The van der Waals surface area contributed by atoms with Crippen LogP contribution in [0, 0.1) is 10.5 Å².